The molecule has 2 fully saturated rings. The number of anilines is 2. The lowest BCUT2D eigenvalue weighted by atomic mass is 9.91. The Kier molecular flexibility index (Phi) is 10.3. The molecule has 0 aliphatic heterocycles. The normalized spacial score (nSPS) is 20.8. The maximum absolute atomic E-state index is 6.30. The van der Waals surface area contributed by atoms with Crippen molar-refractivity contribution in [3.63, 3.8) is 0 Å². The van der Waals surface area contributed by atoms with E-state index in [1.54, 1.807) is 18.6 Å². The highest BCUT2D eigenvalue weighted by molar-refractivity contribution is 6.33. The Morgan fingerprint density at radius 2 is 1.12 bits per heavy atom. The molecule has 3 unspecified atom stereocenters. The van der Waals surface area contributed by atoms with Crippen LogP contribution in [0.2, 0.25) is 15.1 Å². The molecule has 0 saturated heterocycles. The molecule has 0 radical (unpaired) electrons. The van der Waals surface area contributed by atoms with Crippen molar-refractivity contribution in [2.75, 3.05) is 10.6 Å². The number of rotatable bonds is 6. The first-order valence-corrected chi connectivity index (χ1v) is 18.0. The van der Waals surface area contributed by atoms with Gasteiger partial charge in [0.2, 0.25) is 0 Å². The van der Waals surface area contributed by atoms with Gasteiger partial charge in [-0.1, -0.05) is 60.5 Å². The summed E-state index contributed by atoms with van der Waals surface area (Å²) in [6, 6.07) is 4.44. The maximum atomic E-state index is 6.30. The summed E-state index contributed by atoms with van der Waals surface area (Å²) in [5.41, 5.74) is 16.7. The van der Waals surface area contributed by atoms with Gasteiger partial charge in [0, 0.05) is 82.6 Å². The molecule has 2 saturated carbocycles. The molecular weight excluding hydrogens is 695 g/mol. The van der Waals surface area contributed by atoms with Crippen molar-refractivity contribution in [2.45, 2.75) is 82.5 Å². The van der Waals surface area contributed by atoms with Crippen LogP contribution < -0.4 is 22.1 Å². The van der Waals surface area contributed by atoms with E-state index in [2.05, 4.69) is 45.5 Å². The fraction of sp³-hybridized carbons (Fsp3) is 0.371. The second-order valence-corrected chi connectivity index (χ2v) is 14.3. The number of aryl methyl sites for hydroxylation is 1. The van der Waals surface area contributed by atoms with Crippen LogP contribution in [-0.4, -0.2) is 64.0 Å². The van der Waals surface area contributed by atoms with E-state index >= 15 is 0 Å². The van der Waals surface area contributed by atoms with Gasteiger partial charge in [-0.25, -0.2) is 29.9 Å². The van der Waals surface area contributed by atoms with Crippen molar-refractivity contribution in [3.05, 3.63) is 69.9 Å². The number of aromatic amines is 2. The van der Waals surface area contributed by atoms with Gasteiger partial charge in [0.1, 0.15) is 28.0 Å². The third kappa shape index (κ3) is 7.50. The lowest BCUT2D eigenvalue weighted by Crippen LogP contribution is -2.42. The zero-order chi connectivity index (χ0) is 34.8. The minimum atomic E-state index is 0.110. The number of fused-ring (bicyclic) bond motifs is 2. The van der Waals surface area contributed by atoms with Crippen LogP contribution >= 0.6 is 34.8 Å². The van der Waals surface area contributed by atoms with Gasteiger partial charge in [-0.2, -0.15) is 0 Å². The van der Waals surface area contributed by atoms with E-state index in [1.165, 1.54) is 19.3 Å². The Hall–Kier alpha value is -4.07. The standard InChI is InChI=1S/C18H21ClN6.C17H18Cl2N6/c1-10-7-21-18(13-9-23-17-12(13)6-11(19)8-22-17)25-16(10)24-15-5-3-2-4-14(15)20;18-9-5-10-11(7-22-15(10)21-6-9)16-23-8-12(19)17(25-16)24-14-4-2-1-3-13(14)20/h6-9,14-15H,2-5,20H2,1H3,(H,22,23)(H,21,24,25);5-8,13-14H,1-4,20H2,(H,21,22)(H,23,24,25)/t;13-,14?/m.1/s1. The number of nitrogens with one attached hydrogen (secondary N) is 4. The second kappa shape index (κ2) is 15.0. The largest absolute Gasteiger partial charge is 0.365 e. The van der Waals surface area contributed by atoms with E-state index in [9.17, 15) is 0 Å². The summed E-state index contributed by atoms with van der Waals surface area (Å²) in [5, 5.41) is 10.4. The van der Waals surface area contributed by atoms with E-state index in [1.807, 2.05) is 37.6 Å². The highest BCUT2D eigenvalue weighted by Crippen LogP contribution is 2.32. The van der Waals surface area contributed by atoms with Crippen LogP contribution in [0, 0.1) is 6.92 Å². The van der Waals surface area contributed by atoms with E-state index in [0.29, 0.717) is 32.5 Å². The van der Waals surface area contributed by atoms with Crippen molar-refractivity contribution in [2.24, 2.45) is 11.5 Å². The summed E-state index contributed by atoms with van der Waals surface area (Å²) in [7, 11) is 0. The Balaban J connectivity index is 0.000000157. The fourth-order valence-corrected chi connectivity index (χ4v) is 7.13. The highest BCUT2D eigenvalue weighted by Gasteiger charge is 2.24. The van der Waals surface area contributed by atoms with Crippen molar-refractivity contribution in [3.8, 4) is 22.8 Å². The first-order valence-electron chi connectivity index (χ1n) is 16.9. The number of hydrogen-bond acceptors (Lipinski definition) is 10. The topological polar surface area (TPSA) is 185 Å². The van der Waals surface area contributed by atoms with Crippen LogP contribution in [0.15, 0.2) is 49.3 Å². The van der Waals surface area contributed by atoms with Crippen LogP contribution in [-0.2, 0) is 0 Å². The number of hydrogen-bond donors (Lipinski definition) is 6. The molecule has 15 heteroatoms. The fourth-order valence-electron chi connectivity index (χ4n) is 6.67. The average molecular weight is 734 g/mol. The molecule has 4 atom stereocenters. The highest BCUT2D eigenvalue weighted by atomic mass is 35.5. The third-order valence-corrected chi connectivity index (χ3v) is 10.2. The number of halogens is 3. The molecule has 2 aliphatic rings. The van der Waals surface area contributed by atoms with Crippen LogP contribution in [0.5, 0.6) is 0 Å². The number of pyridine rings is 2. The molecule has 6 heterocycles. The van der Waals surface area contributed by atoms with Gasteiger partial charge in [0.25, 0.3) is 0 Å². The molecular formula is C35H39Cl3N12. The Morgan fingerprint density at radius 3 is 1.66 bits per heavy atom. The van der Waals surface area contributed by atoms with Gasteiger partial charge < -0.3 is 32.1 Å². The number of H-pyrrole nitrogens is 2. The number of aromatic nitrogens is 8. The monoisotopic (exact) mass is 732 g/mol. The molecule has 0 aromatic carbocycles. The van der Waals surface area contributed by atoms with E-state index < -0.39 is 0 Å². The van der Waals surface area contributed by atoms with E-state index in [-0.39, 0.29) is 24.2 Å². The molecule has 12 nitrogen and oxygen atoms in total. The summed E-state index contributed by atoms with van der Waals surface area (Å²) in [6.45, 7) is 2.01. The summed E-state index contributed by atoms with van der Waals surface area (Å²) < 4.78 is 0. The number of nitrogens with two attached hydrogens (primary N) is 2. The van der Waals surface area contributed by atoms with Crippen molar-refractivity contribution >= 4 is 68.5 Å². The summed E-state index contributed by atoms with van der Waals surface area (Å²) in [4.78, 5) is 33.1. The molecule has 2 aliphatic carbocycles. The van der Waals surface area contributed by atoms with Gasteiger partial charge in [0.05, 0.1) is 16.2 Å². The van der Waals surface area contributed by atoms with Gasteiger partial charge in [0.15, 0.2) is 11.6 Å². The molecule has 8 rings (SSSR count). The average Bonchev–Trinajstić information content (AvgIpc) is 3.73. The minimum Gasteiger partial charge on any atom is -0.365 e. The van der Waals surface area contributed by atoms with Crippen LogP contribution in [0.1, 0.15) is 56.9 Å². The number of nitrogens with zero attached hydrogens (tertiary/aromatic N) is 6. The van der Waals surface area contributed by atoms with Gasteiger partial charge in [-0.15, -0.1) is 0 Å². The smallest absolute Gasteiger partial charge is 0.163 e. The summed E-state index contributed by atoms with van der Waals surface area (Å²) in [6.07, 6.45) is 19.3. The van der Waals surface area contributed by atoms with Gasteiger partial charge in [-0.05, 0) is 44.7 Å². The first kappa shape index (κ1) is 34.4. The predicted molar refractivity (Wildman–Crippen MR) is 202 cm³/mol. The maximum Gasteiger partial charge on any atom is 0.163 e. The van der Waals surface area contributed by atoms with E-state index in [0.717, 1.165) is 76.7 Å². The molecule has 8 N–H and O–H groups in total. The van der Waals surface area contributed by atoms with Crippen molar-refractivity contribution < 1.29 is 0 Å². The van der Waals surface area contributed by atoms with E-state index in [4.69, 9.17) is 51.3 Å². The second-order valence-electron chi connectivity index (χ2n) is 13.0. The first-order chi connectivity index (χ1) is 24.2. The molecule has 0 amide bonds. The zero-order valence-corrected chi connectivity index (χ0v) is 29.8. The molecule has 6 aromatic heterocycles. The molecule has 6 aromatic rings. The quantitative estimate of drug-likeness (QED) is 0.0992. The van der Waals surface area contributed by atoms with Gasteiger partial charge in [-0.3, -0.25) is 0 Å². The van der Waals surface area contributed by atoms with Crippen LogP contribution in [0.4, 0.5) is 11.6 Å². The summed E-state index contributed by atoms with van der Waals surface area (Å²) >= 11 is 18.5. The van der Waals surface area contributed by atoms with Crippen LogP contribution in [0.3, 0.4) is 0 Å². The third-order valence-electron chi connectivity index (χ3n) is 9.48. The lowest BCUT2D eigenvalue weighted by Gasteiger charge is -2.30. The van der Waals surface area contributed by atoms with Gasteiger partial charge >= 0.3 is 0 Å². The molecule has 0 bridgehead atoms. The minimum absolute atomic E-state index is 0.110. The Bertz CT molecular complexity index is 1960. The molecule has 50 heavy (non-hydrogen) atoms. The van der Waals surface area contributed by atoms with Crippen LogP contribution in [0.25, 0.3) is 44.8 Å². The molecule has 0 spiro atoms. The molecule has 260 valence electrons. The lowest BCUT2D eigenvalue weighted by molar-refractivity contribution is 0.403. The predicted octanol–water partition coefficient (Wildman–Crippen LogP) is 7.67. The van der Waals surface area contributed by atoms with Crippen molar-refractivity contribution in [1.82, 2.24) is 39.9 Å². The zero-order valence-electron chi connectivity index (χ0n) is 27.6. The van der Waals surface area contributed by atoms with Crippen molar-refractivity contribution in [1.29, 1.82) is 0 Å². The summed E-state index contributed by atoms with van der Waals surface area (Å²) in [5.74, 6) is 2.66. The Morgan fingerprint density at radius 1 is 0.640 bits per heavy atom. The Labute approximate surface area is 304 Å². The SMILES string of the molecule is Cc1cnc(-c2c[nH]c3ncc(Cl)cc23)nc1NC1CCCCC1N.N[C@@H]1CCCCC1Nc1nc(-c2c[nH]c3ncc(Cl)cc23)ncc1Cl.